The highest BCUT2D eigenvalue weighted by atomic mass is 16.5. The van der Waals surface area contributed by atoms with Crippen LogP contribution in [0.4, 0.5) is 0 Å². The predicted molar refractivity (Wildman–Crippen MR) is 140 cm³/mol. The molecule has 1 aliphatic carbocycles. The molecule has 0 heterocycles. The van der Waals surface area contributed by atoms with Gasteiger partial charge in [0.1, 0.15) is 0 Å². The first-order chi connectivity index (χ1) is 16.5. The van der Waals surface area contributed by atoms with Gasteiger partial charge in [0.15, 0.2) is 0 Å². The van der Waals surface area contributed by atoms with E-state index in [2.05, 4.69) is 44.3 Å². The van der Waals surface area contributed by atoms with E-state index in [1.807, 2.05) is 0 Å². The first-order valence-electron chi connectivity index (χ1n) is 13.0. The highest BCUT2D eigenvalue weighted by molar-refractivity contribution is 5.89. The summed E-state index contributed by atoms with van der Waals surface area (Å²) in [5, 5.41) is 10.0. The lowest BCUT2D eigenvalue weighted by molar-refractivity contribution is -0.147. The van der Waals surface area contributed by atoms with E-state index in [1.165, 1.54) is 44.2 Å². The molecule has 5 heteroatoms. The highest BCUT2D eigenvalue weighted by Gasteiger charge is 2.32. The normalized spacial score (nSPS) is 19.0. The third-order valence-corrected chi connectivity index (χ3v) is 7.15. The van der Waals surface area contributed by atoms with Crippen LogP contribution in [0.5, 0.6) is 0 Å². The third-order valence-electron chi connectivity index (χ3n) is 7.15. The number of aryl methyl sites for hydroxylation is 1. The van der Waals surface area contributed by atoms with Gasteiger partial charge in [0.2, 0.25) is 0 Å². The number of carbonyl (C=O) groups is 2. The van der Waals surface area contributed by atoms with Crippen LogP contribution in [0.1, 0.15) is 89.7 Å². The zero-order valence-electron chi connectivity index (χ0n) is 22.1. The van der Waals surface area contributed by atoms with Crippen LogP contribution in [-0.4, -0.2) is 35.9 Å². The van der Waals surface area contributed by atoms with Gasteiger partial charge >= 0.3 is 11.9 Å². The summed E-state index contributed by atoms with van der Waals surface area (Å²) in [6, 6.07) is 9.10. The first kappa shape index (κ1) is 28.8. The Kier molecular flexibility index (Phi) is 11.2. The molecule has 0 aliphatic heterocycles. The van der Waals surface area contributed by atoms with Crippen molar-refractivity contribution < 1.29 is 24.2 Å². The monoisotopic (exact) mass is 484 g/mol. The molecule has 1 aromatic carbocycles. The van der Waals surface area contributed by atoms with Crippen LogP contribution in [-0.2, 0) is 25.5 Å². The summed E-state index contributed by atoms with van der Waals surface area (Å²) in [7, 11) is 0. The van der Waals surface area contributed by atoms with Gasteiger partial charge in [0.25, 0.3) is 0 Å². The Labute approximate surface area is 211 Å². The maximum absolute atomic E-state index is 12.4. The molecule has 1 atom stereocenters. The molecule has 0 aromatic heterocycles. The number of carbonyl (C=O) groups excluding carboxylic acids is 2. The van der Waals surface area contributed by atoms with E-state index < -0.39 is 17.5 Å². The molecule has 0 spiro atoms. The summed E-state index contributed by atoms with van der Waals surface area (Å²) in [6.07, 6.45) is 8.95. The second-order valence-corrected chi connectivity index (χ2v) is 10.6. The summed E-state index contributed by atoms with van der Waals surface area (Å²) in [6.45, 7) is 14.5. The SMILES string of the molecule is C=C(C)C(=O)OCC(COC(=O)C(=C)C(C)(C)O)C1CCC(c2ccc(CCCCC)cc2)CC1. The van der Waals surface area contributed by atoms with Crippen molar-refractivity contribution in [2.75, 3.05) is 13.2 Å². The number of unbranched alkanes of at least 4 members (excludes halogenated alkanes) is 2. The average Bonchev–Trinajstić information content (AvgIpc) is 2.83. The lowest BCUT2D eigenvalue weighted by atomic mass is 9.74. The molecule has 1 aromatic rings. The molecule has 194 valence electrons. The van der Waals surface area contributed by atoms with Crippen molar-refractivity contribution in [2.24, 2.45) is 11.8 Å². The lowest BCUT2D eigenvalue weighted by Gasteiger charge is -2.34. The largest absolute Gasteiger partial charge is 0.462 e. The van der Waals surface area contributed by atoms with E-state index in [0.717, 1.165) is 32.1 Å². The lowest BCUT2D eigenvalue weighted by Crippen LogP contribution is -2.33. The number of hydrogen-bond donors (Lipinski definition) is 1. The van der Waals surface area contributed by atoms with Gasteiger partial charge in [0.05, 0.1) is 24.4 Å². The van der Waals surface area contributed by atoms with Gasteiger partial charge in [-0.2, -0.15) is 0 Å². The van der Waals surface area contributed by atoms with E-state index in [-0.39, 0.29) is 30.6 Å². The number of rotatable bonds is 13. The molecule has 5 nitrogen and oxygen atoms in total. The minimum Gasteiger partial charge on any atom is -0.462 e. The molecule has 0 saturated heterocycles. The Hall–Kier alpha value is -2.40. The van der Waals surface area contributed by atoms with Crippen LogP contribution in [0, 0.1) is 11.8 Å². The summed E-state index contributed by atoms with van der Waals surface area (Å²) < 4.78 is 10.9. The molecule has 1 unspecified atom stereocenters. The molecule has 35 heavy (non-hydrogen) atoms. The van der Waals surface area contributed by atoms with Gasteiger partial charge in [0, 0.05) is 11.5 Å². The second kappa shape index (κ2) is 13.6. The average molecular weight is 485 g/mol. The zero-order valence-corrected chi connectivity index (χ0v) is 22.1. The maximum Gasteiger partial charge on any atom is 0.336 e. The Morgan fingerprint density at radius 2 is 1.57 bits per heavy atom. The molecule has 1 saturated carbocycles. The van der Waals surface area contributed by atoms with Gasteiger partial charge in [-0.25, -0.2) is 9.59 Å². The summed E-state index contributed by atoms with van der Waals surface area (Å²) >= 11 is 0. The van der Waals surface area contributed by atoms with Crippen molar-refractivity contribution in [3.8, 4) is 0 Å². The molecule has 1 N–H and O–H groups in total. The third kappa shape index (κ3) is 9.29. The number of aliphatic hydroxyl groups is 1. The van der Waals surface area contributed by atoms with Crippen molar-refractivity contribution in [3.05, 3.63) is 59.7 Å². The Morgan fingerprint density at radius 3 is 2.09 bits per heavy atom. The highest BCUT2D eigenvalue weighted by Crippen LogP contribution is 2.39. The molecule has 1 aliphatic rings. The van der Waals surface area contributed by atoms with Gasteiger partial charge in [-0.1, -0.05) is 57.2 Å². The van der Waals surface area contributed by atoms with Crippen LogP contribution in [0.25, 0.3) is 0 Å². The van der Waals surface area contributed by atoms with Crippen LogP contribution >= 0.6 is 0 Å². The van der Waals surface area contributed by atoms with E-state index in [4.69, 9.17) is 9.47 Å². The molecule has 2 rings (SSSR count). The quantitative estimate of drug-likeness (QED) is 0.202. The van der Waals surface area contributed by atoms with Crippen LogP contribution in [0.2, 0.25) is 0 Å². The first-order valence-corrected chi connectivity index (χ1v) is 13.0. The molecule has 1 fully saturated rings. The van der Waals surface area contributed by atoms with Crippen LogP contribution in [0.3, 0.4) is 0 Å². The van der Waals surface area contributed by atoms with Gasteiger partial charge in [-0.3, -0.25) is 0 Å². The summed E-state index contributed by atoms with van der Waals surface area (Å²) in [5.41, 5.74) is 1.81. The van der Waals surface area contributed by atoms with Gasteiger partial charge < -0.3 is 14.6 Å². The second-order valence-electron chi connectivity index (χ2n) is 10.6. The molecule has 0 amide bonds. The minimum atomic E-state index is -1.34. The van der Waals surface area contributed by atoms with E-state index in [1.54, 1.807) is 6.92 Å². The standard InChI is InChI=1S/C30H44O5/c1-7-8-9-10-23-11-13-24(14-12-23)25-15-17-26(18-16-25)27(19-34-28(31)21(2)3)20-35-29(32)22(4)30(5,6)33/h11-14,25-27,33H,2,4,7-10,15-20H2,1,3,5-6H3. The van der Waals surface area contributed by atoms with Crippen molar-refractivity contribution in [1.82, 2.24) is 0 Å². The number of hydrogen-bond acceptors (Lipinski definition) is 5. The fraction of sp³-hybridized carbons (Fsp3) is 0.600. The fourth-order valence-corrected chi connectivity index (χ4v) is 4.61. The van der Waals surface area contributed by atoms with Crippen molar-refractivity contribution in [3.63, 3.8) is 0 Å². The van der Waals surface area contributed by atoms with Crippen LogP contribution in [0.15, 0.2) is 48.6 Å². The van der Waals surface area contributed by atoms with E-state index in [9.17, 15) is 14.7 Å². The maximum atomic E-state index is 12.4. The van der Waals surface area contributed by atoms with Crippen molar-refractivity contribution in [2.45, 2.75) is 90.6 Å². The Balaban J connectivity index is 1.96. The van der Waals surface area contributed by atoms with Crippen molar-refractivity contribution >= 4 is 11.9 Å². The zero-order chi connectivity index (χ0) is 26.0. The predicted octanol–water partition coefficient (Wildman–Crippen LogP) is 6.30. The molecule has 0 bridgehead atoms. The number of ether oxygens (including phenoxy) is 2. The number of esters is 2. The van der Waals surface area contributed by atoms with Gasteiger partial charge in [-0.15, -0.1) is 0 Å². The van der Waals surface area contributed by atoms with E-state index in [0.29, 0.717) is 11.5 Å². The number of benzene rings is 1. The smallest absolute Gasteiger partial charge is 0.336 e. The summed E-state index contributed by atoms with van der Waals surface area (Å²) in [4.78, 5) is 24.3. The van der Waals surface area contributed by atoms with Crippen LogP contribution < -0.4 is 0 Å². The Morgan fingerprint density at radius 1 is 1.00 bits per heavy atom. The summed E-state index contributed by atoms with van der Waals surface area (Å²) in [5.74, 6) is -0.372. The molecule has 0 radical (unpaired) electrons. The molecular formula is C30H44O5. The fourth-order valence-electron chi connectivity index (χ4n) is 4.61. The minimum absolute atomic E-state index is 0.0111. The van der Waals surface area contributed by atoms with E-state index >= 15 is 0 Å². The molecular weight excluding hydrogens is 440 g/mol. The topological polar surface area (TPSA) is 72.8 Å². The van der Waals surface area contributed by atoms with Crippen molar-refractivity contribution in [1.29, 1.82) is 0 Å². The Bertz CT molecular complexity index is 854. The van der Waals surface area contributed by atoms with Gasteiger partial charge in [-0.05, 0) is 82.3 Å².